The van der Waals surface area contributed by atoms with Gasteiger partial charge in [-0.15, -0.1) is 0 Å². The molecule has 2 nitrogen and oxygen atoms in total. The number of ether oxygens (including phenoxy) is 2. The van der Waals surface area contributed by atoms with Crippen LogP contribution in [0.25, 0.3) is 0 Å². The van der Waals surface area contributed by atoms with E-state index in [1.807, 2.05) is 0 Å². The van der Waals surface area contributed by atoms with Crippen molar-refractivity contribution in [2.24, 2.45) is 0 Å². The summed E-state index contributed by atoms with van der Waals surface area (Å²) in [5.41, 5.74) is 0. The first-order valence-corrected chi connectivity index (χ1v) is 5.13. The highest BCUT2D eigenvalue weighted by Crippen LogP contribution is 2.14. The summed E-state index contributed by atoms with van der Waals surface area (Å²) in [6.45, 7) is 5.06. The van der Waals surface area contributed by atoms with E-state index in [9.17, 15) is 0 Å². The van der Waals surface area contributed by atoms with E-state index >= 15 is 0 Å². The number of unbranched alkanes of at least 4 members (excludes halogenated alkanes) is 2. The van der Waals surface area contributed by atoms with Gasteiger partial charge in [-0.05, 0) is 19.3 Å². The van der Waals surface area contributed by atoms with E-state index in [2.05, 4.69) is 6.92 Å². The Morgan fingerprint density at radius 3 is 2.67 bits per heavy atom. The summed E-state index contributed by atoms with van der Waals surface area (Å²) in [7, 11) is 0. The Morgan fingerprint density at radius 2 is 2.00 bits per heavy atom. The Hall–Kier alpha value is -0.0800. The highest BCUT2D eigenvalue weighted by molar-refractivity contribution is 4.67. The van der Waals surface area contributed by atoms with Crippen molar-refractivity contribution in [2.45, 2.75) is 45.1 Å². The van der Waals surface area contributed by atoms with Gasteiger partial charge >= 0.3 is 0 Å². The minimum atomic E-state index is 0.573. The number of hydrogen-bond acceptors (Lipinski definition) is 2. The van der Waals surface area contributed by atoms with Crippen molar-refractivity contribution in [3.8, 4) is 0 Å². The quantitative estimate of drug-likeness (QED) is 0.414. The molecule has 1 atom stereocenters. The van der Waals surface area contributed by atoms with Crippen molar-refractivity contribution >= 4 is 0 Å². The Balaban J connectivity index is 1.65. The van der Waals surface area contributed by atoms with Crippen molar-refractivity contribution in [3.63, 3.8) is 0 Å². The number of hydrogen-bond donors (Lipinski definition) is 0. The van der Waals surface area contributed by atoms with Crippen LogP contribution in [0.5, 0.6) is 0 Å². The SMILES string of the molecule is CCCCCOCCCC1CO1. The first kappa shape index (κ1) is 10.0. The van der Waals surface area contributed by atoms with Gasteiger partial charge < -0.3 is 9.47 Å². The van der Waals surface area contributed by atoms with Crippen LogP contribution < -0.4 is 0 Å². The van der Waals surface area contributed by atoms with Gasteiger partial charge in [-0.25, -0.2) is 0 Å². The van der Waals surface area contributed by atoms with E-state index in [4.69, 9.17) is 9.47 Å². The summed E-state index contributed by atoms with van der Waals surface area (Å²) >= 11 is 0. The van der Waals surface area contributed by atoms with E-state index in [1.165, 1.54) is 25.7 Å². The molecule has 1 unspecified atom stereocenters. The van der Waals surface area contributed by atoms with Gasteiger partial charge in [-0.1, -0.05) is 19.8 Å². The largest absolute Gasteiger partial charge is 0.381 e. The molecule has 1 fully saturated rings. The second-order valence-corrected chi connectivity index (χ2v) is 3.42. The Kier molecular flexibility index (Phi) is 5.37. The average molecular weight is 172 g/mol. The molecule has 0 amide bonds. The minimum Gasteiger partial charge on any atom is -0.381 e. The lowest BCUT2D eigenvalue weighted by atomic mass is 10.2. The lowest BCUT2D eigenvalue weighted by Crippen LogP contribution is -1.98. The van der Waals surface area contributed by atoms with Crippen LogP contribution >= 0.6 is 0 Å². The van der Waals surface area contributed by atoms with Crippen molar-refractivity contribution in [1.29, 1.82) is 0 Å². The Bertz CT molecular complexity index is 100. The predicted molar refractivity (Wildman–Crippen MR) is 49.3 cm³/mol. The van der Waals surface area contributed by atoms with E-state index in [1.54, 1.807) is 0 Å². The third-order valence-electron chi connectivity index (χ3n) is 2.11. The maximum atomic E-state index is 5.46. The average Bonchev–Trinajstić information content (AvgIpc) is 2.87. The van der Waals surface area contributed by atoms with Gasteiger partial charge in [0.2, 0.25) is 0 Å². The van der Waals surface area contributed by atoms with Crippen molar-refractivity contribution < 1.29 is 9.47 Å². The molecule has 0 aliphatic carbocycles. The molecular formula is C10H20O2. The standard InChI is InChI=1S/C10H20O2/c1-2-3-4-7-11-8-5-6-10-9-12-10/h10H,2-9H2,1H3. The van der Waals surface area contributed by atoms with Crippen molar-refractivity contribution in [2.75, 3.05) is 19.8 Å². The van der Waals surface area contributed by atoms with E-state index in [0.29, 0.717) is 6.10 Å². The number of epoxide rings is 1. The Morgan fingerprint density at radius 1 is 1.25 bits per heavy atom. The van der Waals surface area contributed by atoms with Crippen LogP contribution in [0.3, 0.4) is 0 Å². The van der Waals surface area contributed by atoms with Gasteiger partial charge in [0.05, 0.1) is 12.7 Å². The first-order valence-electron chi connectivity index (χ1n) is 5.13. The van der Waals surface area contributed by atoms with E-state index in [0.717, 1.165) is 26.2 Å². The maximum Gasteiger partial charge on any atom is 0.0810 e. The summed E-state index contributed by atoms with van der Waals surface area (Å²) in [6.07, 6.45) is 6.72. The second kappa shape index (κ2) is 6.44. The topological polar surface area (TPSA) is 21.8 Å². The van der Waals surface area contributed by atoms with Crippen LogP contribution in [0.1, 0.15) is 39.0 Å². The molecule has 1 rings (SSSR count). The van der Waals surface area contributed by atoms with Crippen molar-refractivity contribution in [1.82, 2.24) is 0 Å². The molecule has 12 heavy (non-hydrogen) atoms. The van der Waals surface area contributed by atoms with Gasteiger partial charge in [0.15, 0.2) is 0 Å². The summed E-state index contributed by atoms with van der Waals surface area (Å²) in [6, 6.07) is 0. The van der Waals surface area contributed by atoms with Gasteiger partial charge in [-0.2, -0.15) is 0 Å². The van der Waals surface area contributed by atoms with Crippen molar-refractivity contribution in [3.05, 3.63) is 0 Å². The number of rotatable bonds is 8. The predicted octanol–water partition coefficient (Wildman–Crippen LogP) is 2.37. The minimum absolute atomic E-state index is 0.573. The highest BCUT2D eigenvalue weighted by Gasteiger charge is 2.20. The lowest BCUT2D eigenvalue weighted by molar-refractivity contribution is 0.125. The molecule has 0 spiro atoms. The zero-order chi connectivity index (χ0) is 8.65. The molecule has 2 heteroatoms. The fourth-order valence-electron chi connectivity index (χ4n) is 1.20. The summed E-state index contributed by atoms with van der Waals surface area (Å²) < 4.78 is 10.6. The third-order valence-corrected chi connectivity index (χ3v) is 2.11. The fraction of sp³-hybridized carbons (Fsp3) is 1.00. The zero-order valence-electron chi connectivity index (χ0n) is 8.05. The summed E-state index contributed by atoms with van der Waals surface area (Å²) in [5, 5.41) is 0. The molecule has 0 aromatic heterocycles. The molecule has 1 saturated heterocycles. The van der Waals surface area contributed by atoms with Crippen LogP contribution in [-0.4, -0.2) is 25.9 Å². The molecule has 1 aliphatic heterocycles. The molecule has 0 N–H and O–H groups in total. The first-order chi connectivity index (χ1) is 5.93. The third kappa shape index (κ3) is 5.56. The molecule has 0 radical (unpaired) electrons. The fourth-order valence-corrected chi connectivity index (χ4v) is 1.20. The smallest absolute Gasteiger partial charge is 0.0810 e. The second-order valence-electron chi connectivity index (χ2n) is 3.42. The monoisotopic (exact) mass is 172 g/mol. The molecule has 1 heterocycles. The van der Waals surface area contributed by atoms with Crippen LogP contribution in [0.4, 0.5) is 0 Å². The molecule has 72 valence electrons. The Labute approximate surface area is 75.2 Å². The van der Waals surface area contributed by atoms with Crippen LogP contribution in [0.15, 0.2) is 0 Å². The van der Waals surface area contributed by atoms with E-state index in [-0.39, 0.29) is 0 Å². The highest BCUT2D eigenvalue weighted by atomic mass is 16.6. The lowest BCUT2D eigenvalue weighted by Gasteiger charge is -2.01. The van der Waals surface area contributed by atoms with Gasteiger partial charge in [0, 0.05) is 13.2 Å². The molecule has 0 aromatic carbocycles. The molecular weight excluding hydrogens is 152 g/mol. The molecule has 1 aliphatic rings. The van der Waals surface area contributed by atoms with Crippen LogP contribution in [0.2, 0.25) is 0 Å². The molecule has 0 aromatic rings. The van der Waals surface area contributed by atoms with E-state index < -0.39 is 0 Å². The summed E-state index contributed by atoms with van der Waals surface area (Å²) in [4.78, 5) is 0. The molecule has 0 bridgehead atoms. The van der Waals surface area contributed by atoms with Crippen LogP contribution in [0, 0.1) is 0 Å². The van der Waals surface area contributed by atoms with Gasteiger partial charge in [0.1, 0.15) is 0 Å². The zero-order valence-corrected chi connectivity index (χ0v) is 8.05. The normalized spacial score (nSPS) is 21.2. The maximum absolute atomic E-state index is 5.46. The van der Waals surface area contributed by atoms with Gasteiger partial charge in [0.25, 0.3) is 0 Å². The van der Waals surface area contributed by atoms with Gasteiger partial charge in [-0.3, -0.25) is 0 Å². The molecule has 0 saturated carbocycles. The van der Waals surface area contributed by atoms with Crippen LogP contribution in [-0.2, 0) is 9.47 Å². The summed E-state index contributed by atoms with van der Waals surface area (Å²) in [5.74, 6) is 0.